The van der Waals surface area contributed by atoms with Crippen LogP contribution in [0, 0.1) is 6.92 Å². The molecule has 4 nitrogen and oxygen atoms in total. The van der Waals surface area contributed by atoms with Crippen molar-refractivity contribution < 1.29 is 26.3 Å². The van der Waals surface area contributed by atoms with Crippen LogP contribution >= 0.6 is 0 Å². The third kappa shape index (κ3) is 7.83. The lowest BCUT2D eigenvalue weighted by atomic mass is 9.97. The van der Waals surface area contributed by atoms with Crippen LogP contribution in [0.1, 0.15) is 17.0 Å². The number of hydrogen-bond donors (Lipinski definition) is 4. The molecule has 0 saturated heterocycles. The maximum atomic E-state index is 12.7. The molecule has 6 N–H and O–H groups in total. The Bertz CT molecular complexity index is 1310. The Balaban J connectivity index is 0.000000230. The van der Waals surface area contributed by atoms with Gasteiger partial charge in [0.1, 0.15) is 0 Å². The van der Waals surface area contributed by atoms with E-state index in [-0.39, 0.29) is 11.4 Å². The fourth-order valence-corrected chi connectivity index (χ4v) is 3.59. The Labute approximate surface area is 216 Å². The van der Waals surface area contributed by atoms with Gasteiger partial charge in [-0.05, 0) is 66.6 Å². The monoisotopic (exact) mass is 532 g/mol. The molecular formula is C28H26F6N4. The van der Waals surface area contributed by atoms with Crippen molar-refractivity contribution >= 4 is 34.1 Å². The fraction of sp³-hybridized carbons (Fsp3) is 0.143. The highest BCUT2D eigenvalue weighted by Gasteiger charge is 2.57. The van der Waals surface area contributed by atoms with E-state index in [1.165, 1.54) is 5.56 Å². The van der Waals surface area contributed by atoms with Gasteiger partial charge in [0.05, 0.1) is 22.7 Å². The van der Waals surface area contributed by atoms with Crippen molar-refractivity contribution in [1.29, 1.82) is 0 Å². The van der Waals surface area contributed by atoms with Crippen molar-refractivity contribution in [2.24, 2.45) is 0 Å². The fourth-order valence-electron chi connectivity index (χ4n) is 3.59. The predicted octanol–water partition coefficient (Wildman–Crippen LogP) is 8.54. The number of rotatable bonds is 5. The quantitative estimate of drug-likeness (QED) is 0.153. The van der Waals surface area contributed by atoms with Gasteiger partial charge in [-0.25, -0.2) is 0 Å². The number of benzene rings is 4. The molecule has 0 heterocycles. The molecule has 0 aromatic heterocycles. The topological polar surface area (TPSA) is 76.1 Å². The molecule has 0 unspecified atom stereocenters. The maximum absolute atomic E-state index is 12.7. The molecule has 0 saturated carbocycles. The SMILES string of the molecule is Cc1ccc(Nc2ccccc2)c(N)c1.Nc1cc(C(C(F)(F)F)C(F)(F)F)ccc1Nc1ccccc1. The first-order valence-corrected chi connectivity index (χ1v) is 11.4. The highest BCUT2D eigenvalue weighted by Crippen LogP contribution is 2.47. The van der Waals surface area contributed by atoms with E-state index in [0.717, 1.165) is 29.2 Å². The molecule has 4 aromatic carbocycles. The van der Waals surface area contributed by atoms with Crippen molar-refractivity contribution in [2.75, 3.05) is 22.1 Å². The summed E-state index contributed by atoms with van der Waals surface area (Å²) in [5.74, 6) is -3.57. The lowest BCUT2D eigenvalue weighted by Crippen LogP contribution is -2.34. The van der Waals surface area contributed by atoms with Gasteiger partial charge in [-0.1, -0.05) is 48.5 Å². The summed E-state index contributed by atoms with van der Waals surface area (Å²) in [5, 5.41) is 6.10. The molecule has 0 aliphatic rings. The Hall–Kier alpha value is -4.34. The minimum Gasteiger partial charge on any atom is -0.397 e. The van der Waals surface area contributed by atoms with Crippen molar-refractivity contribution in [1.82, 2.24) is 0 Å². The van der Waals surface area contributed by atoms with Crippen LogP contribution in [-0.4, -0.2) is 12.4 Å². The Morgan fingerprint density at radius 2 is 1.00 bits per heavy atom. The molecule has 0 fully saturated rings. The van der Waals surface area contributed by atoms with E-state index < -0.39 is 23.8 Å². The number of halogens is 6. The Kier molecular flexibility index (Phi) is 8.77. The van der Waals surface area contributed by atoms with Gasteiger partial charge < -0.3 is 22.1 Å². The van der Waals surface area contributed by atoms with Gasteiger partial charge in [-0.15, -0.1) is 0 Å². The molecule has 0 aliphatic carbocycles. The average molecular weight is 533 g/mol. The van der Waals surface area contributed by atoms with Crippen LogP contribution in [-0.2, 0) is 0 Å². The summed E-state index contributed by atoms with van der Waals surface area (Å²) in [6.07, 6.45) is -10.9. The lowest BCUT2D eigenvalue weighted by Gasteiger charge is -2.24. The zero-order chi connectivity index (χ0) is 27.9. The van der Waals surface area contributed by atoms with E-state index in [1.807, 2.05) is 55.5 Å². The Morgan fingerprint density at radius 3 is 1.39 bits per heavy atom. The van der Waals surface area contributed by atoms with Crippen LogP contribution in [0.2, 0.25) is 0 Å². The highest BCUT2D eigenvalue weighted by molar-refractivity contribution is 5.74. The third-order valence-electron chi connectivity index (χ3n) is 5.38. The number of nitrogens with one attached hydrogen (secondary N) is 2. The Morgan fingerprint density at radius 1 is 0.579 bits per heavy atom. The summed E-state index contributed by atoms with van der Waals surface area (Å²) in [4.78, 5) is 0. The zero-order valence-electron chi connectivity index (χ0n) is 20.2. The van der Waals surface area contributed by atoms with E-state index >= 15 is 0 Å². The first-order valence-electron chi connectivity index (χ1n) is 11.4. The van der Waals surface area contributed by atoms with E-state index in [4.69, 9.17) is 11.5 Å². The molecule has 0 atom stereocenters. The van der Waals surface area contributed by atoms with E-state index in [0.29, 0.717) is 11.8 Å². The number of hydrogen-bond acceptors (Lipinski definition) is 4. The summed E-state index contributed by atoms with van der Waals surface area (Å²) in [6.45, 7) is 2.03. The summed E-state index contributed by atoms with van der Waals surface area (Å²) in [6, 6.07) is 27.1. The normalized spacial score (nSPS) is 11.5. The molecule has 38 heavy (non-hydrogen) atoms. The molecule has 0 spiro atoms. The number of nitrogen functional groups attached to an aromatic ring is 2. The lowest BCUT2D eigenvalue weighted by molar-refractivity contribution is -0.253. The van der Waals surface area contributed by atoms with Gasteiger partial charge in [-0.2, -0.15) is 26.3 Å². The second-order valence-electron chi connectivity index (χ2n) is 8.44. The summed E-state index contributed by atoms with van der Waals surface area (Å²) in [5.41, 5.74) is 15.1. The van der Waals surface area contributed by atoms with Crippen LogP contribution in [0.25, 0.3) is 0 Å². The van der Waals surface area contributed by atoms with E-state index in [2.05, 4.69) is 10.6 Å². The average Bonchev–Trinajstić information content (AvgIpc) is 2.83. The van der Waals surface area contributed by atoms with Crippen molar-refractivity contribution in [3.05, 3.63) is 108 Å². The molecule has 4 rings (SSSR count). The van der Waals surface area contributed by atoms with Gasteiger partial charge in [0, 0.05) is 11.4 Å². The number of aryl methyl sites for hydroxylation is 1. The maximum Gasteiger partial charge on any atom is 0.404 e. The summed E-state index contributed by atoms with van der Waals surface area (Å²) in [7, 11) is 0. The molecule has 4 aromatic rings. The standard InChI is InChI=1S/C15H12F6N2.C13H14N2/c16-14(17,18)13(15(19,20)21)9-6-7-12(11(22)8-9)23-10-4-2-1-3-5-10;1-10-7-8-13(12(14)9-10)15-11-5-3-2-4-6-11/h1-8,13,23H,22H2;2-9,15H,14H2,1H3. The summed E-state index contributed by atoms with van der Waals surface area (Å²) >= 11 is 0. The molecule has 0 aliphatic heterocycles. The van der Waals surface area contributed by atoms with Crippen molar-refractivity contribution in [3.63, 3.8) is 0 Å². The number of alkyl halides is 6. The van der Waals surface area contributed by atoms with E-state index in [1.54, 1.807) is 30.3 Å². The first-order chi connectivity index (χ1) is 17.8. The second kappa shape index (κ2) is 11.8. The van der Waals surface area contributed by atoms with Gasteiger partial charge in [-0.3, -0.25) is 0 Å². The molecule has 0 amide bonds. The molecule has 0 radical (unpaired) electrons. The number of para-hydroxylation sites is 2. The molecular weight excluding hydrogens is 506 g/mol. The van der Waals surface area contributed by atoms with Gasteiger partial charge in [0.15, 0.2) is 5.92 Å². The van der Waals surface area contributed by atoms with E-state index in [9.17, 15) is 26.3 Å². The van der Waals surface area contributed by atoms with Gasteiger partial charge in [0.25, 0.3) is 0 Å². The molecule has 10 heteroatoms. The van der Waals surface area contributed by atoms with Crippen molar-refractivity contribution in [3.8, 4) is 0 Å². The zero-order valence-corrected chi connectivity index (χ0v) is 20.2. The summed E-state index contributed by atoms with van der Waals surface area (Å²) < 4.78 is 76.2. The predicted molar refractivity (Wildman–Crippen MR) is 141 cm³/mol. The van der Waals surface area contributed by atoms with Crippen LogP contribution in [0.5, 0.6) is 0 Å². The molecule has 200 valence electrons. The van der Waals surface area contributed by atoms with Gasteiger partial charge in [0.2, 0.25) is 0 Å². The number of nitrogens with two attached hydrogens (primary N) is 2. The highest BCUT2D eigenvalue weighted by atomic mass is 19.4. The minimum atomic E-state index is -5.45. The number of anilines is 6. The minimum absolute atomic E-state index is 0.204. The van der Waals surface area contributed by atoms with Crippen LogP contribution in [0.3, 0.4) is 0 Å². The largest absolute Gasteiger partial charge is 0.404 e. The van der Waals surface area contributed by atoms with Gasteiger partial charge >= 0.3 is 12.4 Å². The van der Waals surface area contributed by atoms with Crippen LogP contribution in [0.4, 0.5) is 60.5 Å². The van der Waals surface area contributed by atoms with Crippen LogP contribution in [0.15, 0.2) is 97.1 Å². The smallest absolute Gasteiger partial charge is 0.397 e. The third-order valence-corrected chi connectivity index (χ3v) is 5.38. The first kappa shape index (κ1) is 28.2. The van der Waals surface area contributed by atoms with Crippen LogP contribution < -0.4 is 22.1 Å². The van der Waals surface area contributed by atoms with Crippen molar-refractivity contribution in [2.45, 2.75) is 25.2 Å². The molecule has 0 bridgehead atoms. The second-order valence-corrected chi connectivity index (χ2v) is 8.44.